The molecule has 2 nitrogen and oxygen atoms in total. The minimum Gasteiger partial charge on any atom is -0.326 e. The average molecular weight is 331 g/mol. The van der Waals surface area contributed by atoms with E-state index in [1.807, 2.05) is 24.3 Å². The molecular weight excluding hydrogens is 294 g/mol. The Bertz CT molecular complexity index is 415. The molecule has 0 spiro atoms. The van der Waals surface area contributed by atoms with Gasteiger partial charge in [0.1, 0.15) is 0 Å². The van der Waals surface area contributed by atoms with Gasteiger partial charge in [0.2, 0.25) is 5.91 Å². The molecule has 0 saturated carbocycles. The number of rotatable bonds is 14. The maximum Gasteiger partial charge on any atom is 0.227 e. The smallest absolute Gasteiger partial charge is 0.227 e. The molecule has 1 atom stereocenters. The number of benzene rings is 1. The van der Waals surface area contributed by atoms with Crippen molar-refractivity contribution in [2.75, 3.05) is 5.32 Å². The average Bonchev–Trinajstić information content (AvgIpc) is 2.60. The Kier molecular flexibility index (Phi) is 12.2. The summed E-state index contributed by atoms with van der Waals surface area (Å²) in [6.45, 7) is 4.48. The molecular formula is C22H36NO. The molecule has 0 heterocycles. The number of carbonyl (C=O) groups excluding carboxylic acids is 1. The monoisotopic (exact) mass is 330 g/mol. The summed E-state index contributed by atoms with van der Waals surface area (Å²) < 4.78 is 0. The molecule has 1 aromatic carbocycles. The highest BCUT2D eigenvalue weighted by atomic mass is 16.1. The number of hydrogen-bond acceptors (Lipinski definition) is 1. The Morgan fingerprint density at radius 3 is 1.96 bits per heavy atom. The molecule has 0 aliphatic carbocycles. The van der Waals surface area contributed by atoms with Crippen LogP contribution >= 0.6 is 0 Å². The number of hydrogen-bond donors (Lipinski definition) is 1. The van der Waals surface area contributed by atoms with E-state index in [0.717, 1.165) is 18.5 Å². The zero-order chi connectivity index (χ0) is 17.5. The van der Waals surface area contributed by atoms with E-state index >= 15 is 0 Å². The summed E-state index contributed by atoms with van der Waals surface area (Å²) in [7, 11) is 0. The number of carbonyl (C=O) groups is 1. The normalized spacial score (nSPS) is 12.1. The Hall–Kier alpha value is -1.31. The summed E-state index contributed by atoms with van der Waals surface area (Å²) in [5.74, 6) is 0.364. The van der Waals surface area contributed by atoms with Gasteiger partial charge in [-0.3, -0.25) is 4.79 Å². The molecule has 2 heteroatoms. The Morgan fingerprint density at radius 2 is 1.38 bits per heavy atom. The molecule has 1 amide bonds. The number of amides is 1. The van der Waals surface area contributed by atoms with Gasteiger partial charge in [-0.25, -0.2) is 0 Å². The van der Waals surface area contributed by atoms with Gasteiger partial charge in [0, 0.05) is 11.6 Å². The van der Waals surface area contributed by atoms with Crippen LogP contribution in [0, 0.1) is 12.0 Å². The van der Waals surface area contributed by atoms with Crippen molar-refractivity contribution in [3.63, 3.8) is 0 Å². The van der Waals surface area contributed by atoms with Crippen LogP contribution in [0.2, 0.25) is 0 Å². The summed E-state index contributed by atoms with van der Waals surface area (Å²) >= 11 is 0. The van der Waals surface area contributed by atoms with Crippen molar-refractivity contribution in [2.24, 2.45) is 5.92 Å². The SMILES string of the molecule is CCCCCCCCC(CCCCCC)C(=O)Nc1cc[c]cc1. The molecule has 0 aromatic heterocycles. The minimum absolute atomic E-state index is 0.164. The number of unbranched alkanes of at least 4 members (excludes halogenated alkanes) is 8. The lowest BCUT2D eigenvalue weighted by molar-refractivity contribution is -0.120. The van der Waals surface area contributed by atoms with Gasteiger partial charge >= 0.3 is 0 Å². The molecule has 135 valence electrons. The van der Waals surface area contributed by atoms with Crippen LogP contribution in [-0.4, -0.2) is 5.91 Å². The van der Waals surface area contributed by atoms with Gasteiger partial charge in [0.15, 0.2) is 0 Å². The zero-order valence-corrected chi connectivity index (χ0v) is 15.8. The highest BCUT2D eigenvalue weighted by molar-refractivity contribution is 5.92. The Morgan fingerprint density at radius 1 is 0.875 bits per heavy atom. The molecule has 1 unspecified atom stereocenters. The lowest BCUT2D eigenvalue weighted by Gasteiger charge is -2.17. The highest BCUT2D eigenvalue weighted by Crippen LogP contribution is 2.21. The summed E-state index contributed by atoms with van der Waals surface area (Å²) in [5, 5.41) is 3.09. The van der Waals surface area contributed by atoms with E-state index in [1.54, 1.807) is 0 Å². The van der Waals surface area contributed by atoms with Gasteiger partial charge in [-0.15, -0.1) is 0 Å². The van der Waals surface area contributed by atoms with Crippen LogP contribution in [0.1, 0.15) is 90.9 Å². The van der Waals surface area contributed by atoms with Crippen LogP contribution in [0.25, 0.3) is 0 Å². The first-order valence-corrected chi connectivity index (χ1v) is 10.0. The van der Waals surface area contributed by atoms with Crippen molar-refractivity contribution in [1.29, 1.82) is 0 Å². The largest absolute Gasteiger partial charge is 0.326 e. The predicted molar refractivity (Wildman–Crippen MR) is 104 cm³/mol. The molecule has 24 heavy (non-hydrogen) atoms. The molecule has 0 bridgehead atoms. The predicted octanol–water partition coefficient (Wildman–Crippen LogP) is 6.76. The molecule has 0 saturated heterocycles. The maximum atomic E-state index is 12.6. The standard InChI is InChI=1S/C22H36NO/c1-3-5-7-9-10-13-17-20(16-12-8-6-4-2)22(24)23-21-18-14-11-15-19-21/h14-15,18-20H,3-10,12-13,16-17H2,1-2H3,(H,23,24). The van der Waals surface area contributed by atoms with Gasteiger partial charge in [-0.05, 0) is 31.0 Å². The van der Waals surface area contributed by atoms with Crippen LogP contribution in [-0.2, 0) is 4.79 Å². The minimum atomic E-state index is 0.164. The van der Waals surface area contributed by atoms with Crippen molar-refractivity contribution in [3.8, 4) is 0 Å². The van der Waals surface area contributed by atoms with Crippen LogP contribution in [0.3, 0.4) is 0 Å². The van der Waals surface area contributed by atoms with Crippen LogP contribution in [0.5, 0.6) is 0 Å². The van der Waals surface area contributed by atoms with Crippen molar-refractivity contribution in [1.82, 2.24) is 0 Å². The van der Waals surface area contributed by atoms with Gasteiger partial charge in [0.05, 0.1) is 0 Å². The van der Waals surface area contributed by atoms with E-state index in [0.29, 0.717) is 0 Å². The molecule has 1 aromatic rings. The molecule has 1 N–H and O–H groups in total. The molecule has 1 rings (SSSR count). The van der Waals surface area contributed by atoms with Gasteiger partial charge in [-0.1, -0.05) is 90.2 Å². The highest BCUT2D eigenvalue weighted by Gasteiger charge is 2.17. The van der Waals surface area contributed by atoms with Crippen LogP contribution in [0.15, 0.2) is 24.3 Å². The van der Waals surface area contributed by atoms with Crippen LogP contribution < -0.4 is 5.32 Å². The zero-order valence-electron chi connectivity index (χ0n) is 15.8. The van der Waals surface area contributed by atoms with E-state index in [4.69, 9.17) is 0 Å². The second kappa shape index (κ2) is 14.1. The third-order valence-corrected chi connectivity index (χ3v) is 4.67. The van der Waals surface area contributed by atoms with Gasteiger partial charge in [-0.2, -0.15) is 0 Å². The lowest BCUT2D eigenvalue weighted by Crippen LogP contribution is -2.23. The van der Waals surface area contributed by atoms with E-state index in [1.165, 1.54) is 64.2 Å². The topological polar surface area (TPSA) is 29.1 Å². The first-order valence-electron chi connectivity index (χ1n) is 10.0. The third kappa shape index (κ3) is 9.75. The van der Waals surface area contributed by atoms with Crippen molar-refractivity contribution >= 4 is 11.6 Å². The van der Waals surface area contributed by atoms with Crippen molar-refractivity contribution in [3.05, 3.63) is 30.3 Å². The summed E-state index contributed by atoms with van der Waals surface area (Å²) in [6, 6.07) is 10.5. The first-order chi connectivity index (χ1) is 11.8. The molecule has 0 aliphatic rings. The molecule has 1 radical (unpaired) electrons. The Labute approximate surface area is 149 Å². The summed E-state index contributed by atoms with van der Waals surface area (Å²) in [5.41, 5.74) is 0.889. The maximum absolute atomic E-state index is 12.6. The first kappa shape index (κ1) is 20.7. The van der Waals surface area contributed by atoms with Gasteiger partial charge < -0.3 is 5.32 Å². The lowest BCUT2D eigenvalue weighted by atomic mass is 9.93. The fraction of sp³-hybridized carbons (Fsp3) is 0.682. The number of anilines is 1. The van der Waals surface area contributed by atoms with Gasteiger partial charge in [0.25, 0.3) is 0 Å². The molecule has 0 aliphatic heterocycles. The van der Waals surface area contributed by atoms with Crippen molar-refractivity contribution in [2.45, 2.75) is 90.9 Å². The summed E-state index contributed by atoms with van der Waals surface area (Å²) in [6.07, 6.45) is 14.7. The van der Waals surface area contributed by atoms with E-state index in [-0.39, 0.29) is 11.8 Å². The molecule has 0 fully saturated rings. The summed E-state index contributed by atoms with van der Waals surface area (Å²) in [4.78, 5) is 12.6. The van der Waals surface area contributed by atoms with E-state index in [2.05, 4.69) is 25.2 Å². The fourth-order valence-electron chi connectivity index (χ4n) is 3.11. The third-order valence-electron chi connectivity index (χ3n) is 4.67. The fourth-order valence-corrected chi connectivity index (χ4v) is 3.11. The van der Waals surface area contributed by atoms with E-state index < -0.39 is 0 Å². The van der Waals surface area contributed by atoms with E-state index in [9.17, 15) is 4.79 Å². The van der Waals surface area contributed by atoms with Crippen LogP contribution in [0.4, 0.5) is 5.69 Å². The Balaban J connectivity index is 2.39. The second-order valence-electron chi connectivity index (χ2n) is 6.88. The second-order valence-corrected chi connectivity index (χ2v) is 6.88. The van der Waals surface area contributed by atoms with Crippen molar-refractivity contribution < 1.29 is 4.79 Å². The quantitative estimate of drug-likeness (QED) is 0.375. The number of nitrogens with one attached hydrogen (secondary N) is 1.